The van der Waals surface area contributed by atoms with Gasteiger partial charge < -0.3 is 79.1 Å². The molecule has 0 radical (unpaired) electrons. The molecular formula is C25H46O16. The lowest BCUT2D eigenvalue weighted by Gasteiger charge is -2.44. The van der Waals surface area contributed by atoms with Gasteiger partial charge in [0.1, 0.15) is 48.8 Å². The Kier molecular flexibility index (Phi) is 14.0. The Morgan fingerprint density at radius 3 is 1.44 bits per heavy atom. The van der Waals surface area contributed by atoms with Crippen LogP contribution in [-0.4, -0.2) is 185 Å². The molecule has 3 fully saturated rings. The normalized spacial score (nSPS) is 45.6. The van der Waals surface area contributed by atoms with Crippen LogP contribution in [0, 0.1) is 11.8 Å². The first-order valence-electron chi connectivity index (χ1n) is 13.8. The molecule has 0 bridgehead atoms. The van der Waals surface area contributed by atoms with Crippen molar-refractivity contribution in [3.63, 3.8) is 0 Å². The summed E-state index contributed by atoms with van der Waals surface area (Å²) in [5.74, 6) is -1.71. The monoisotopic (exact) mass is 602 g/mol. The quantitative estimate of drug-likeness (QED) is 0.0901. The summed E-state index contributed by atoms with van der Waals surface area (Å²) >= 11 is 0. The second kappa shape index (κ2) is 16.4. The van der Waals surface area contributed by atoms with Crippen molar-refractivity contribution >= 4 is 0 Å². The van der Waals surface area contributed by atoms with Gasteiger partial charge in [0.2, 0.25) is 0 Å². The maximum atomic E-state index is 10.8. The van der Waals surface area contributed by atoms with Crippen LogP contribution in [0.1, 0.15) is 6.92 Å². The summed E-state index contributed by atoms with van der Waals surface area (Å²) in [7, 11) is 1.39. The number of hydrogen-bond donors (Lipinski definition) is 9. The van der Waals surface area contributed by atoms with Crippen molar-refractivity contribution in [2.45, 2.75) is 86.5 Å². The lowest BCUT2D eigenvalue weighted by molar-refractivity contribution is -0.295. The van der Waals surface area contributed by atoms with Crippen molar-refractivity contribution in [1.29, 1.82) is 0 Å². The van der Waals surface area contributed by atoms with Gasteiger partial charge in [0.15, 0.2) is 6.29 Å². The Morgan fingerprint density at radius 2 is 0.951 bits per heavy atom. The minimum Gasteiger partial charge on any atom is -0.394 e. The predicted molar refractivity (Wildman–Crippen MR) is 134 cm³/mol. The van der Waals surface area contributed by atoms with Crippen molar-refractivity contribution in [2.24, 2.45) is 11.8 Å². The van der Waals surface area contributed by atoms with Crippen molar-refractivity contribution in [3.05, 3.63) is 0 Å². The summed E-state index contributed by atoms with van der Waals surface area (Å²) in [6.07, 6.45) is -15.8. The second-order valence-corrected chi connectivity index (χ2v) is 10.6. The number of rotatable bonds is 14. The lowest BCUT2D eigenvalue weighted by Crippen LogP contribution is -2.60. The third kappa shape index (κ3) is 8.30. The van der Waals surface area contributed by atoms with Gasteiger partial charge in [0.05, 0.1) is 70.7 Å². The van der Waals surface area contributed by atoms with Crippen LogP contribution in [0.3, 0.4) is 0 Å². The molecule has 0 aromatic heterocycles. The van der Waals surface area contributed by atoms with Gasteiger partial charge in [-0.25, -0.2) is 0 Å². The molecule has 15 atom stereocenters. The van der Waals surface area contributed by atoms with Crippen LogP contribution in [0.4, 0.5) is 0 Å². The van der Waals surface area contributed by atoms with Gasteiger partial charge in [-0.2, -0.15) is 0 Å². The van der Waals surface area contributed by atoms with Crippen LogP contribution in [0.15, 0.2) is 0 Å². The van der Waals surface area contributed by atoms with Crippen LogP contribution >= 0.6 is 0 Å². The topological polar surface area (TPSA) is 247 Å². The Morgan fingerprint density at radius 1 is 0.512 bits per heavy atom. The molecule has 3 aliphatic rings. The van der Waals surface area contributed by atoms with E-state index < -0.39 is 105 Å². The van der Waals surface area contributed by atoms with Crippen LogP contribution in [-0.2, 0) is 33.2 Å². The molecule has 0 aliphatic carbocycles. The number of aliphatic hydroxyl groups excluding tert-OH is 9. The molecule has 41 heavy (non-hydrogen) atoms. The van der Waals surface area contributed by atoms with E-state index in [1.54, 1.807) is 6.92 Å². The zero-order valence-corrected chi connectivity index (χ0v) is 23.2. The molecule has 0 amide bonds. The highest BCUT2D eigenvalue weighted by molar-refractivity contribution is 4.94. The maximum Gasteiger partial charge on any atom is 0.186 e. The first-order chi connectivity index (χ1) is 19.6. The minimum absolute atomic E-state index is 0.0272. The van der Waals surface area contributed by atoms with E-state index in [4.69, 9.17) is 33.2 Å². The van der Waals surface area contributed by atoms with Gasteiger partial charge in [-0.05, 0) is 6.92 Å². The first-order valence-corrected chi connectivity index (χ1v) is 13.8. The van der Waals surface area contributed by atoms with Gasteiger partial charge in [-0.15, -0.1) is 0 Å². The Bertz CT molecular complexity index is 744. The number of hydrogen-bond acceptors (Lipinski definition) is 16. The Labute approximate surface area is 237 Å². The molecule has 6 unspecified atom stereocenters. The molecule has 3 aliphatic heterocycles. The molecule has 0 spiro atoms. The van der Waals surface area contributed by atoms with E-state index in [0.29, 0.717) is 0 Å². The number of methoxy groups -OCH3 is 1. The summed E-state index contributed by atoms with van der Waals surface area (Å²) in [4.78, 5) is 0. The standard InChI is InChI=1S/C25H46O16/c1-3-38-25-24(34)19(29)12(14(5-27)41-25)7-37-9-16-20(30)18(28)11(13(4-26)39-16)6-36-10-17-22(32)23(33)21(31)15(40-17)8-35-2/h11-34H,3-10H2,1-2H3/t11-,12-,13?,14?,15?,16-,17-,18-,19-,20?,21-,22?,23-,24?,25+/m1/s1. The highest BCUT2D eigenvalue weighted by atomic mass is 16.7. The molecule has 242 valence electrons. The van der Waals surface area contributed by atoms with E-state index >= 15 is 0 Å². The average molecular weight is 603 g/mol. The minimum atomic E-state index is -1.49. The van der Waals surface area contributed by atoms with Gasteiger partial charge in [0.25, 0.3) is 0 Å². The van der Waals surface area contributed by atoms with Crippen LogP contribution in [0.5, 0.6) is 0 Å². The molecule has 0 aromatic rings. The smallest absolute Gasteiger partial charge is 0.186 e. The van der Waals surface area contributed by atoms with Crippen molar-refractivity contribution in [2.75, 3.05) is 60.0 Å². The third-order valence-corrected chi connectivity index (χ3v) is 7.87. The largest absolute Gasteiger partial charge is 0.394 e. The molecule has 3 saturated heterocycles. The van der Waals surface area contributed by atoms with E-state index in [-0.39, 0.29) is 39.6 Å². The maximum absolute atomic E-state index is 10.8. The molecule has 3 heterocycles. The van der Waals surface area contributed by atoms with E-state index in [0.717, 1.165) is 0 Å². The SMILES string of the molecule is CCO[C@H]1OC(CO)[C@@H](COC[C@H]2OC(CO)[C@@H](COC[C@H]3OC(COC)[C@@H](O)[C@@H](O)C3O)[C@@H](O)C2O)[C@@H](O)C1O. The summed E-state index contributed by atoms with van der Waals surface area (Å²) < 4.78 is 38.3. The Balaban J connectivity index is 1.51. The van der Waals surface area contributed by atoms with Gasteiger partial charge in [-0.1, -0.05) is 0 Å². The summed E-state index contributed by atoms with van der Waals surface area (Å²) in [5.41, 5.74) is 0. The molecular weight excluding hydrogens is 556 g/mol. The van der Waals surface area contributed by atoms with Crippen LogP contribution < -0.4 is 0 Å². The zero-order chi connectivity index (χ0) is 30.3. The summed E-state index contributed by atoms with van der Waals surface area (Å²) in [6, 6.07) is 0. The second-order valence-electron chi connectivity index (χ2n) is 10.6. The fourth-order valence-corrected chi connectivity index (χ4v) is 5.40. The number of ether oxygens (including phenoxy) is 7. The predicted octanol–water partition coefficient (Wildman–Crippen LogP) is -5.29. The molecule has 16 heteroatoms. The molecule has 0 aromatic carbocycles. The van der Waals surface area contributed by atoms with Crippen LogP contribution in [0.2, 0.25) is 0 Å². The van der Waals surface area contributed by atoms with Crippen molar-refractivity contribution in [3.8, 4) is 0 Å². The number of aliphatic hydroxyl groups is 9. The Hall–Kier alpha value is -0.640. The van der Waals surface area contributed by atoms with E-state index in [2.05, 4.69) is 0 Å². The van der Waals surface area contributed by atoms with E-state index in [1.165, 1.54) is 7.11 Å². The van der Waals surface area contributed by atoms with E-state index in [9.17, 15) is 46.0 Å². The third-order valence-electron chi connectivity index (χ3n) is 7.87. The van der Waals surface area contributed by atoms with Crippen molar-refractivity contribution in [1.82, 2.24) is 0 Å². The summed E-state index contributed by atoms with van der Waals surface area (Å²) in [6.45, 7) is 0.0223. The van der Waals surface area contributed by atoms with Gasteiger partial charge >= 0.3 is 0 Å². The zero-order valence-electron chi connectivity index (χ0n) is 23.2. The van der Waals surface area contributed by atoms with E-state index in [1.807, 2.05) is 0 Å². The summed E-state index contributed by atoms with van der Waals surface area (Å²) in [5, 5.41) is 92.2. The fourth-order valence-electron chi connectivity index (χ4n) is 5.40. The van der Waals surface area contributed by atoms with Gasteiger partial charge in [-0.3, -0.25) is 0 Å². The molecule has 9 N–H and O–H groups in total. The lowest BCUT2D eigenvalue weighted by atomic mass is 9.87. The first kappa shape index (κ1) is 34.8. The highest BCUT2D eigenvalue weighted by Crippen LogP contribution is 2.30. The highest BCUT2D eigenvalue weighted by Gasteiger charge is 2.48. The van der Waals surface area contributed by atoms with Gasteiger partial charge in [0, 0.05) is 25.6 Å². The van der Waals surface area contributed by atoms with Crippen molar-refractivity contribution < 1.29 is 79.1 Å². The molecule has 16 nitrogen and oxygen atoms in total. The molecule has 3 rings (SSSR count). The van der Waals surface area contributed by atoms with Crippen LogP contribution in [0.25, 0.3) is 0 Å². The molecule has 0 saturated carbocycles. The fraction of sp³-hybridized carbons (Fsp3) is 1.00. The average Bonchev–Trinajstić information content (AvgIpc) is 2.96.